The zero-order valence-corrected chi connectivity index (χ0v) is 11.3. The third kappa shape index (κ3) is 2.86. The number of nitrogens with zero attached hydrogens (tertiary/aromatic N) is 2. The van der Waals surface area contributed by atoms with Crippen LogP contribution >= 0.6 is 0 Å². The zero-order valence-electron chi connectivity index (χ0n) is 11.3. The first-order chi connectivity index (χ1) is 8.12. The highest BCUT2D eigenvalue weighted by Gasteiger charge is 2.36. The first-order valence-corrected chi connectivity index (χ1v) is 6.69. The molecule has 94 valence electrons. The molecule has 1 heterocycles. The normalized spacial score (nSPS) is 29.5. The van der Waals surface area contributed by atoms with E-state index in [1.807, 2.05) is 12.4 Å². The first-order valence-electron chi connectivity index (χ1n) is 6.69. The molecule has 0 amide bonds. The maximum atomic E-state index is 4.10. The van der Waals surface area contributed by atoms with E-state index in [1.54, 1.807) is 0 Å². The molecule has 0 spiro atoms. The smallest absolute Gasteiger partial charge is 0.0270 e. The van der Waals surface area contributed by atoms with Gasteiger partial charge in [-0.25, -0.2) is 0 Å². The van der Waals surface area contributed by atoms with Gasteiger partial charge in [0.1, 0.15) is 0 Å². The van der Waals surface area contributed by atoms with Crippen LogP contribution in [0.15, 0.2) is 24.5 Å². The van der Waals surface area contributed by atoms with Gasteiger partial charge < -0.3 is 4.90 Å². The number of hydrogen-bond acceptors (Lipinski definition) is 2. The molecule has 0 unspecified atom stereocenters. The van der Waals surface area contributed by atoms with Crippen LogP contribution in [0.1, 0.15) is 38.2 Å². The number of rotatable bonds is 3. The standard InChI is InChI=1S/C15H24N2/c1-13-4-8-15(9-5-13,17(2)3)12-14-6-10-16-11-7-14/h6-7,10-11,13H,4-5,8-9,12H2,1-3H3. The molecular weight excluding hydrogens is 208 g/mol. The molecular formula is C15H24N2. The van der Waals surface area contributed by atoms with Crippen molar-refractivity contribution < 1.29 is 0 Å². The minimum Gasteiger partial charge on any atom is -0.303 e. The van der Waals surface area contributed by atoms with E-state index in [0.29, 0.717) is 5.54 Å². The van der Waals surface area contributed by atoms with Crippen molar-refractivity contribution in [3.63, 3.8) is 0 Å². The molecule has 17 heavy (non-hydrogen) atoms. The maximum absolute atomic E-state index is 4.10. The molecule has 1 saturated carbocycles. The van der Waals surface area contributed by atoms with Crippen LogP contribution in [-0.2, 0) is 6.42 Å². The van der Waals surface area contributed by atoms with Crippen molar-refractivity contribution in [2.24, 2.45) is 5.92 Å². The Morgan fingerprint density at radius 2 is 1.82 bits per heavy atom. The summed E-state index contributed by atoms with van der Waals surface area (Å²) in [6.07, 6.45) is 10.4. The van der Waals surface area contributed by atoms with Gasteiger partial charge in [0.05, 0.1) is 0 Å². The third-order valence-electron chi connectivity index (χ3n) is 4.44. The first kappa shape index (κ1) is 12.6. The van der Waals surface area contributed by atoms with Crippen molar-refractivity contribution in [2.45, 2.75) is 44.6 Å². The van der Waals surface area contributed by atoms with Gasteiger partial charge in [0.2, 0.25) is 0 Å². The zero-order chi connectivity index (χ0) is 12.3. The van der Waals surface area contributed by atoms with Gasteiger partial charge in [0, 0.05) is 17.9 Å². The molecule has 0 saturated heterocycles. The molecule has 1 aliphatic rings. The molecule has 2 rings (SSSR count). The Balaban J connectivity index is 2.13. The van der Waals surface area contributed by atoms with E-state index in [1.165, 1.54) is 31.2 Å². The van der Waals surface area contributed by atoms with Crippen LogP contribution in [0.4, 0.5) is 0 Å². The van der Waals surface area contributed by atoms with Crippen molar-refractivity contribution >= 4 is 0 Å². The average Bonchev–Trinajstić information content (AvgIpc) is 2.33. The predicted molar refractivity (Wildman–Crippen MR) is 72.0 cm³/mol. The molecule has 2 nitrogen and oxygen atoms in total. The molecule has 1 aromatic rings. The minimum absolute atomic E-state index is 0.369. The topological polar surface area (TPSA) is 16.1 Å². The number of pyridine rings is 1. The van der Waals surface area contributed by atoms with E-state index in [4.69, 9.17) is 0 Å². The van der Waals surface area contributed by atoms with E-state index >= 15 is 0 Å². The summed E-state index contributed by atoms with van der Waals surface area (Å²) >= 11 is 0. The summed E-state index contributed by atoms with van der Waals surface area (Å²) in [6.45, 7) is 2.38. The fraction of sp³-hybridized carbons (Fsp3) is 0.667. The number of hydrogen-bond donors (Lipinski definition) is 0. The predicted octanol–water partition coefficient (Wildman–Crippen LogP) is 3.13. The monoisotopic (exact) mass is 232 g/mol. The maximum Gasteiger partial charge on any atom is 0.0270 e. The molecule has 0 N–H and O–H groups in total. The average molecular weight is 232 g/mol. The Kier molecular flexibility index (Phi) is 3.82. The van der Waals surface area contributed by atoms with Gasteiger partial charge in [-0.1, -0.05) is 6.92 Å². The lowest BCUT2D eigenvalue weighted by Crippen LogP contribution is -2.48. The van der Waals surface area contributed by atoms with Gasteiger partial charge in [0.25, 0.3) is 0 Å². The highest BCUT2D eigenvalue weighted by Crippen LogP contribution is 2.37. The summed E-state index contributed by atoms with van der Waals surface area (Å²) < 4.78 is 0. The Bertz CT molecular complexity index is 337. The van der Waals surface area contributed by atoms with Gasteiger partial charge in [0.15, 0.2) is 0 Å². The van der Waals surface area contributed by atoms with Crippen LogP contribution in [0.2, 0.25) is 0 Å². The lowest BCUT2D eigenvalue weighted by molar-refractivity contribution is 0.0830. The second-order valence-corrected chi connectivity index (χ2v) is 5.83. The largest absolute Gasteiger partial charge is 0.303 e. The molecule has 0 bridgehead atoms. The number of likely N-dealkylation sites (N-methyl/N-ethyl adjacent to an activating group) is 1. The second kappa shape index (κ2) is 5.18. The van der Waals surface area contributed by atoms with Crippen LogP contribution in [0.3, 0.4) is 0 Å². The van der Waals surface area contributed by atoms with Crippen molar-refractivity contribution in [3.8, 4) is 0 Å². The Labute approximate surface area is 105 Å². The molecule has 1 aliphatic carbocycles. The van der Waals surface area contributed by atoms with E-state index < -0.39 is 0 Å². The lowest BCUT2D eigenvalue weighted by Gasteiger charge is -2.45. The van der Waals surface area contributed by atoms with Gasteiger partial charge in [-0.15, -0.1) is 0 Å². The van der Waals surface area contributed by atoms with Crippen molar-refractivity contribution in [1.29, 1.82) is 0 Å². The van der Waals surface area contributed by atoms with Crippen LogP contribution in [0, 0.1) is 5.92 Å². The Morgan fingerprint density at radius 3 is 2.35 bits per heavy atom. The molecule has 1 fully saturated rings. The fourth-order valence-electron chi connectivity index (χ4n) is 2.96. The van der Waals surface area contributed by atoms with E-state index in [2.05, 4.69) is 43.0 Å². The van der Waals surface area contributed by atoms with Crippen molar-refractivity contribution in [3.05, 3.63) is 30.1 Å². The SMILES string of the molecule is CC1CCC(Cc2ccncc2)(N(C)C)CC1. The third-order valence-corrected chi connectivity index (χ3v) is 4.44. The van der Waals surface area contributed by atoms with Crippen LogP contribution < -0.4 is 0 Å². The summed E-state index contributed by atoms with van der Waals surface area (Å²) in [5.41, 5.74) is 1.79. The van der Waals surface area contributed by atoms with Gasteiger partial charge in [-0.05, 0) is 69.8 Å². The molecule has 2 heteroatoms. The minimum atomic E-state index is 0.369. The van der Waals surface area contributed by atoms with Gasteiger partial charge in [-0.2, -0.15) is 0 Å². The quantitative estimate of drug-likeness (QED) is 0.796. The van der Waals surface area contributed by atoms with E-state index in [0.717, 1.165) is 12.3 Å². The molecule has 1 aromatic heterocycles. The summed E-state index contributed by atoms with van der Waals surface area (Å²) in [5.74, 6) is 0.903. The van der Waals surface area contributed by atoms with Crippen LogP contribution in [-0.4, -0.2) is 29.5 Å². The number of aromatic nitrogens is 1. The highest BCUT2D eigenvalue weighted by atomic mass is 15.1. The molecule has 0 aromatic carbocycles. The Morgan fingerprint density at radius 1 is 1.24 bits per heavy atom. The van der Waals surface area contributed by atoms with Gasteiger partial charge in [-0.3, -0.25) is 4.98 Å². The molecule has 0 atom stereocenters. The highest BCUT2D eigenvalue weighted by molar-refractivity contribution is 5.15. The summed E-state index contributed by atoms with van der Waals surface area (Å²) in [7, 11) is 4.47. The summed E-state index contributed by atoms with van der Waals surface area (Å²) in [4.78, 5) is 6.55. The molecule has 0 aliphatic heterocycles. The van der Waals surface area contributed by atoms with E-state index in [9.17, 15) is 0 Å². The second-order valence-electron chi connectivity index (χ2n) is 5.83. The Hall–Kier alpha value is -0.890. The lowest BCUT2D eigenvalue weighted by atomic mass is 9.73. The van der Waals surface area contributed by atoms with Gasteiger partial charge >= 0.3 is 0 Å². The van der Waals surface area contributed by atoms with Crippen LogP contribution in [0.25, 0.3) is 0 Å². The summed E-state index contributed by atoms with van der Waals surface area (Å²) in [6, 6.07) is 4.31. The van der Waals surface area contributed by atoms with E-state index in [-0.39, 0.29) is 0 Å². The molecule has 0 radical (unpaired) electrons. The van der Waals surface area contributed by atoms with Crippen molar-refractivity contribution in [2.75, 3.05) is 14.1 Å². The van der Waals surface area contributed by atoms with Crippen molar-refractivity contribution in [1.82, 2.24) is 9.88 Å². The van der Waals surface area contributed by atoms with Crippen LogP contribution in [0.5, 0.6) is 0 Å². The summed E-state index contributed by atoms with van der Waals surface area (Å²) in [5, 5.41) is 0. The fourth-order valence-corrected chi connectivity index (χ4v) is 2.96.